The van der Waals surface area contributed by atoms with Crippen molar-refractivity contribution >= 4 is 5.91 Å². The van der Waals surface area contributed by atoms with E-state index >= 15 is 0 Å². The van der Waals surface area contributed by atoms with E-state index in [0.29, 0.717) is 18.0 Å². The van der Waals surface area contributed by atoms with Gasteiger partial charge in [0.15, 0.2) is 0 Å². The molecular formula is C31H38F2N4O3. The molecule has 0 atom stereocenters. The largest absolute Gasteiger partial charge is 0.481 e. The van der Waals surface area contributed by atoms with Crippen LogP contribution in [0.15, 0.2) is 60.7 Å². The lowest BCUT2D eigenvalue weighted by Crippen LogP contribution is -2.47. The maximum atomic E-state index is 13.5. The summed E-state index contributed by atoms with van der Waals surface area (Å²) in [7, 11) is 3.00. The third-order valence-electron chi connectivity index (χ3n) is 7.40. The first kappa shape index (κ1) is 29.4. The number of rotatable bonds is 13. The lowest BCUT2D eigenvalue weighted by molar-refractivity contribution is 0.0943. The lowest BCUT2D eigenvalue weighted by Gasteiger charge is -2.35. The zero-order chi connectivity index (χ0) is 28.3. The van der Waals surface area contributed by atoms with Crippen LogP contribution in [0, 0.1) is 11.6 Å². The third-order valence-corrected chi connectivity index (χ3v) is 7.40. The predicted octanol–water partition coefficient (Wildman–Crippen LogP) is 4.73. The fourth-order valence-electron chi connectivity index (χ4n) is 5.14. The van der Waals surface area contributed by atoms with Crippen LogP contribution in [-0.2, 0) is 0 Å². The number of halogens is 2. The highest BCUT2D eigenvalue weighted by molar-refractivity contribution is 5.96. The summed E-state index contributed by atoms with van der Waals surface area (Å²) >= 11 is 0. The first-order valence-electron chi connectivity index (χ1n) is 13.8. The second-order valence-corrected chi connectivity index (χ2v) is 10.0. The first-order chi connectivity index (χ1) is 19.5. The summed E-state index contributed by atoms with van der Waals surface area (Å²) in [6.45, 7) is 6.46. The van der Waals surface area contributed by atoms with E-state index in [1.807, 2.05) is 24.3 Å². The Balaban J connectivity index is 1.17. The Kier molecular flexibility index (Phi) is 10.8. The second kappa shape index (κ2) is 14.7. The van der Waals surface area contributed by atoms with Gasteiger partial charge in [-0.15, -0.1) is 0 Å². The van der Waals surface area contributed by atoms with Gasteiger partial charge in [0.1, 0.15) is 17.2 Å². The van der Waals surface area contributed by atoms with Crippen LogP contribution < -0.4 is 14.8 Å². The highest BCUT2D eigenvalue weighted by Crippen LogP contribution is 2.30. The summed E-state index contributed by atoms with van der Waals surface area (Å²) in [6.07, 6.45) is 2.76. The van der Waals surface area contributed by atoms with Crippen molar-refractivity contribution in [2.24, 2.45) is 0 Å². The Hall–Kier alpha value is -3.56. The molecule has 1 amide bonds. The van der Waals surface area contributed by atoms with Gasteiger partial charge in [0.25, 0.3) is 5.91 Å². The summed E-state index contributed by atoms with van der Waals surface area (Å²) in [5, 5.41) is 2.95. The smallest absolute Gasteiger partial charge is 0.256 e. The van der Waals surface area contributed by atoms with Gasteiger partial charge in [-0.1, -0.05) is 24.3 Å². The lowest BCUT2D eigenvalue weighted by atomic mass is 9.87. The molecule has 1 aliphatic rings. The molecule has 3 aromatic rings. The van der Waals surface area contributed by atoms with Crippen LogP contribution in [0.4, 0.5) is 8.78 Å². The number of amides is 1. The topological polar surface area (TPSA) is 66.9 Å². The zero-order valence-corrected chi connectivity index (χ0v) is 23.2. The number of benzene rings is 2. The SMILES string of the molecule is COc1ccc(C(=O)NCCCN2CCN(CCCC(c3ccc(F)cc3)c3ccc(F)cc3)CC2)c(OC)n1. The van der Waals surface area contributed by atoms with Gasteiger partial charge in [0.05, 0.1) is 14.2 Å². The molecule has 1 aromatic heterocycles. The number of nitrogens with one attached hydrogen (secondary N) is 1. The Labute approximate surface area is 235 Å². The average molecular weight is 553 g/mol. The molecule has 4 rings (SSSR count). The van der Waals surface area contributed by atoms with Crippen LogP contribution >= 0.6 is 0 Å². The fourth-order valence-corrected chi connectivity index (χ4v) is 5.14. The number of carbonyl (C=O) groups excluding carboxylic acids is 1. The monoisotopic (exact) mass is 552 g/mol. The molecule has 0 saturated carbocycles. The molecule has 7 nitrogen and oxygen atoms in total. The number of nitrogens with zero attached hydrogens (tertiary/aromatic N) is 3. The van der Waals surface area contributed by atoms with E-state index < -0.39 is 0 Å². The van der Waals surface area contributed by atoms with Crippen molar-refractivity contribution in [1.29, 1.82) is 0 Å². The summed E-state index contributed by atoms with van der Waals surface area (Å²) in [5.41, 5.74) is 2.48. The highest BCUT2D eigenvalue weighted by Gasteiger charge is 2.19. The number of hydrogen-bond donors (Lipinski definition) is 1. The van der Waals surface area contributed by atoms with Crippen LogP contribution in [0.25, 0.3) is 0 Å². The highest BCUT2D eigenvalue weighted by atomic mass is 19.1. The predicted molar refractivity (Wildman–Crippen MR) is 151 cm³/mol. The van der Waals surface area contributed by atoms with Crippen LogP contribution in [0.2, 0.25) is 0 Å². The van der Waals surface area contributed by atoms with Gasteiger partial charge in [-0.25, -0.2) is 8.78 Å². The standard InChI is InChI=1S/C31H38F2N4O3/c1-39-29-15-14-28(31(35-29)40-2)30(38)34-16-4-18-37-21-19-36(20-22-37)17-3-5-27(23-6-10-25(32)11-7-23)24-8-12-26(33)13-9-24/h6-15,27H,3-5,16-22H2,1-2H3,(H,34,38). The number of hydrogen-bond acceptors (Lipinski definition) is 6. The number of piperazine rings is 1. The van der Waals surface area contributed by atoms with E-state index in [-0.39, 0.29) is 29.3 Å². The number of pyridine rings is 1. The van der Waals surface area contributed by atoms with Gasteiger partial charge in [-0.05, 0) is 73.8 Å². The van der Waals surface area contributed by atoms with Crippen molar-refractivity contribution in [3.05, 3.63) is 89.0 Å². The van der Waals surface area contributed by atoms with E-state index in [0.717, 1.165) is 69.7 Å². The molecule has 214 valence electrons. The molecule has 1 fully saturated rings. The quantitative estimate of drug-likeness (QED) is 0.310. The van der Waals surface area contributed by atoms with E-state index in [1.165, 1.54) is 38.5 Å². The Morgan fingerprint density at radius 1 is 0.825 bits per heavy atom. The Morgan fingerprint density at radius 3 is 1.90 bits per heavy atom. The van der Waals surface area contributed by atoms with Gasteiger partial charge in [0.2, 0.25) is 11.8 Å². The molecule has 1 saturated heterocycles. The van der Waals surface area contributed by atoms with Crippen LogP contribution in [0.5, 0.6) is 11.8 Å². The van der Waals surface area contributed by atoms with Gasteiger partial charge >= 0.3 is 0 Å². The maximum absolute atomic E-state index is 13.5. The first-order valence-corrected chi connectivity index (χ1v) is 13.8. The molecule has 1 aliphatic heterocycles. The molecule has 9 heteroatoms. The fraction of sp³-hybridized carbons (Fsp3) is 0.419. The van der Waals surface area contributed by atoms with Crippen LogP contribution in [-0.4, -0.2) is 80.7 Å². The number of aromatic nitrogens is 1. The molecule has 0 spiro atoms. The van der Waals surface area contributed by atoms with Crippen LogP contribution in [0.3, 0.4) is 0 Å². The van der Waals surface area contributed by atoms with Crippen molar-refractivity contribution in [2.45, 2.75) is 25.2 Å². The molecule has 0 aliphatic carbocycles. The van der Waals surface area contributed by atoms with E-state index in [2.05, 4.69) is 20.1 Å². The van der Waals surface area contributed by atoms with Crippen molar-refractivity contribution in [1.82, 2.24) is 20.1 Å². The molecule has 2 heterocycles. The number of ether oxygens (including phenoxy) is 2. The molecule has 0 bridgehead atoms. The minimum atomic E-state index is -0.253. The van der Waals surface area contributed by atoms with Gasteiger partial charge < -0.3 is 24.6 Å². The molecule has 2 aromatic carbocycles. The van der Waals surface area contributed by atoms with Crippen molar-refractivity contribution in [3.63, 3.8) is 0 Å². The van der Waals surface area contributed by atoms with Crippen LogP contribution in [0.1, 0.15) is 46.7 Å². The number of carbonyl (C=O) groups is 1. The van der Waals surface area contributed by atoms with Crippen molar-refractivity contribution in [2.75, 3.05) is 60.0 Å². The molecule has 0 radical (unpaired) electrons. The van der Waals surface area contributed by atoms with E-state index in [9.17, 15) is 13.6 Å². The summed E-state index contributed by atoms with van der Waals surface area (Å²) in [4.78, 5) is 21.6. The van der Waals surface area contributed by atoms with E-state index in [4.69, 9.17) is 9.47 Å². The normalized spacial score (nSPS) is 14.3. The minimum Gasteiger partial charge on any atom is -0.481 e. The second-order valence-electron chi connectivity index (χ2n) is 10.0. The third kappa shape index (κ3) is 8.22. The van der Waals surface area contributed by atoms with Gasteiger partial charge in [-0.3, -0.25) is 4.79 Å². The molecule has 1 N–H and O–H groups in total. The van der Waals surface area contributed by atoms with Gasteiger partial charge in [-0.2, -0.15) is 4.98 Å². The number of methoxy groups -OCH3 is 2. The summed E-state index contributed by atoms with van der Waals surface area (Å²) in [6, 6.07) is 16.6. The molecular weight excluding hydrogens is 514 g/mol. The Bertz CT molecular complexity index is 1170. The summed E-state index contributed by atoms with van der Waals surface area (Å²) < 4.78 is 37.3. The molecule has 0 unspecified atom stereocenters. The maximum Gasteiger partial charge on any atom is 0.256 e. The summed E-state index contributed by atoms with van der Waals surface area (Å²) in [5.74, 6) is 0.0266. The van der Waals surface area contributed by atoms with Gasteiger partial charge in [0, 0.05) is 44.7 Å². The van der Waals surface area contributed by atoms with Crippen molar-refractivity contribution in [3.8, 4) is 11.8 Å². The molecule has 40 heavy (non-hydrogen) atoms. The average Bonchev–Trinajstić information content (AvgIpc) is 2.99. The zero-order valence-electron chi connectivity index (χ0n) is 23.2. The Morgan fingerprint density at radius 2 is 1.38 bits per heavy atom. The van der Waals surface area contributed by atoms with Crippen molar-refractivity contribution < 1.29 is 23.0 Å². The van der Waals surface area contributed by atoms with E-state index in [1.54, 1.807) is 12.1 Å². The minimum absolute atomic E-state index is 0.103.